The Morgan fingerprint density at radius 3 is 2.53 bits per heavy atom. The molecule has 94 valence electrons. The average Bonchev–Trinajstić information content (AvgIpc) is 2.36. The third-order valence-electron chi connectivity index (χ3n) is 3.43. The molecule has 0 aromatic rings. The Labute approximate surface area is 103 Å². The smallest absolute Gasteiger partial charge is 0.204 e. The SMILES string of the molecule is CC.COC1=CC(=O)C2CC=CC[C@@]2(C)C1=O. The Balaban J connectivity index is 0.000000686. The maximum Gasteiger partial charge on any atom is 0.204 e. The normalized spacial score (nSPS) is 31.1. The number of Topliss-reactive ketones (excluding diaryl/α,β-unsaturated/α-hetero) is 1. The zero-order valence-corrected chi connectivity index (χ0v) is 10.9. The molecular weight excluding hydrogens is 216 g/mol. The minimum atomic E-state index is -0.591. The van der Waals surface area contributed by atoms with E-state index in [1.165, 1.54) is 13.2 Å². The quantitative estimate of drug-likeness (QED) is 0.657. The van der Waals surface area contributed by atoms with E-state index in [9.17, 15) is 9.59 Å². The second-order valence-electron chi connectivity index (χ2n) is 4.33. The highest BCUT2D eigenvalue weighted by atomic mass is 16.5. The van der Waals surface area contributed by atoms with Crippen LogP contribution in [0.25, 0.3) is 0 Å². The van der Waals surface area contributed by atoms with Crippen LogP contribution in [0.15, 0.2) is 24.0 Å². The van der Waals surface area contributed by atoms with Crippen LogP contribution in [0.1, 0.15) is 33.6 Å². The summed E-state index contributed by atoms with van der Waals surface area (Å²) in [5.74, 6) is -0.0276. The van der Waals surface area contributed by atoms with Gasteiger partial charge in [0.15, 0.2) is 11.5 Å². The summed E-state index contributed by atoms with van der Waals surface area (Å²) in [6.07, 6.45) is 6.58. The number of methoxy groups -OCH3 is 1. The van der Waals surface area contributed by atoms with Gasteiger partial charge in [0.1, 0.15) is 0 Å². The molecule has 0 fully saturated rings. The third-order valence-corrected chi connectivity index (χ3v) is 3.43. The molecule has 0 heterocycles. The number of ether oxygens (including phenoxy) is 1. The molecule has 0 aliphatic heterocycles. The Morgan fingerprint density at radius 1 is 1.29 bits per heavy atom. The number of hydrogen-bond donors (Lipinski definition) is 0. The Morgan fingerprint density at radius 2 is 1.94 bits per heavy atom. The van der Waals surface area contributed by atoms with Crippen molar-refractivity contribution in [1.82, 2.24) is 0 Å². The molecule has 2 aliphatic rings. The predicted octanol–water partition coefficient (Wildman–Crippen LogP) is 2.67. The summed E-state index contributed by atoms with van der Waals surface area (Å²) in [5.41, 5.74) is -0.591. The van der Waals surface area contributed by atoms with Gasteiger partial charge in [0.2, 0.25) is 5.78 Å². The average molecular weight is 236 g/mol. The lowest BCUT2D eigenvalue weighted by atomic mass is 9.63. The summed E-state index contributed by atoms with van der Waals surface area (Å²) in [4.78, 5) is 23.9. The first kappa shape index (κ1) is 13.7. The fourth-order valence-corrected chi connectivity index (χ4v) is 2.37. The van der Waals surface area contributed by atoms with Crippen LogP contribution in [0.4, 0.5) is 0 Å². The first-order valence-corrected chi connectivity index (χ1v) is 6.09. The molecule has 0 N–H and O–H groups in total. The van der Waals surface area contributed by atoms with E-state index in [0.717, 1.165) is 0 Å². The molecule has 2 rings (SSSR count). The fourth-order valence-electron chi connectivity index (χ4n) is 2.37. The maximum absolute atomic E-state index is 12.1. The molecule has 0 aromatic heterocycles. The first-order valence-electron chi connectivity index (χ1n) is 6.09. The van der Waals surface area contributed by atoms with Gasteiger partial charge in [0, 0.05) is 17.4 Å². The molecule has 0 saturated heterocycles. The van der Waals surface area contributed by atoms with Crippen LogP contribution in [-0.2, 0) is 14.3 Å². The summed E-state index contributed by atoms with van der Waals surface area (Å²) in [6, 6.07) is 0. The van der Waals surface area contributed by atoms with E-state index in [1.807, 2.05) is 32.9 Å². The van der Waals surface area contributed by atoms with Gasteiger partial charge in [-0.25, -0.2) is 0 Å². The van der Waals surface area contributed by atoms with E-state index in [1.54, 1.807) is 0 Å². The van der Waals surface area contributed by atoms with Crippen LogP contribution >= 0.6 is 0 Å². The van der Waals surface area contributed by atoms with Crippen molar-refractivity contribution >= 4 is 11.6 Å². The van der Waals surface area contributed by atoms with Crippen LogP contribution in [0.2, 0.25) is 0 Å². The Hall–Kier alpha value is -1.38. The zero-order chi connectivity index (χ0) is 13.1. The zero-order valence-electron chi connectivity index (χ0n) is 10.9. The lowest BCUT2D eigenvalue weighted by Gasteiger charge is -2.38. The van der Waals surface area contributed by atoms with Gasteiger partial charge in [0.25, 0.3) is 0 Å². The van der Waals surface area contributed by atoms with Crippen LogP contribution in [0.3, 0.4) is 0 Å². The molecule has 0 radical (unpaired) electrons. The van der Waals surface area contributed by atoms with Crippen molar-refractivity contribution in [1.29, 1.82) is 0 Å². The number of rotatable bonds is 1. The second-order valence-corrected chi connectivity index (χ2v) is 4.33. The van der Waals surface area contributed by atoms with Crippen LogP contribution in [0.5, 0.6) is 0 Å². The fraction of sp³-hybridized carbons (Fsp3) is 0.571. The third kappa shape index (κ3) is 2.19. The van der Waals surface area contributed by atoms with E-state index < -0.39 is 5.41 Å². The van der Waals surface area contributed by atoms with Crippen molar-refractivity contribution in [3.8, 4) is 0 Å². The van der Waals surface area contributed by atoms with Crippen molar-refractivity contribution in [2.75, 3.05) is 7.11 Å². The van der Waals surface area contributed by atoms with E-state index in [4.69, 9.17) is 4.74 Å². The lowest BCUT2D eigenvalue weighted by molar-refractivity contribution is -0.139. The maximum atomic E-state index is 12.1. The van der Waals surface area contributed by atoms with Crippen LogP contribution in [-0.4, -0.2) is 18.7 Å². The van der Waals surface area contributed by atoms with Crippen molar-refractivity contribution in [2.24, 2.45) is 11.3 Å². The monoisotopic (exact) mass is 236 g/mol. The summed E-state index contributed by atoms with van der Waals surface area (Å²) in [7, 11) is 1.43. The summed E-state index contributed by atoms with van der Waals surface area (Å²) >= 11 is 0. The highest BCUT2D eigenvalue weighted by Gasteiger charge is 2.49. The molecule has 2 aliphatic carbocycles. The molecule has 17 heavy (non-hydrogen) atoms. The first-order chi connectivity index (χ1) is 8.09. The number of carbonyl (C=O) groups excluding carboxylic acids is 2. The van der Waals surface area contributed by atoms with Gasteiger partial charge >= 0.3 is 0 Å². The Bertz CT molecular complexity index is 379. The number of hydrogen-bond acceptors (Lipinski definition) is 3. The summed E-state index contributed by atoms with van der Waals surface area (Å²) in [5, 5.41) is 0. The number of ketones is 2. The molecule has 3 heteroatoms. The topological polar surface area (TPSA) is 43.4 Å². The molecule has 0 saturated carbocycles. The largest absolute Gasteiger partial charge is 0.493 e. The molecule has 0 bridgehead atoms. The van der Waals surface area contributed by atoms with Crippen LogP contribution in [0, 0.1) is 11.3 Å². The highest BCUT2D eigenvalue weighted by molar-refractivity contribution is 6.11. The number of fused-ring (bicyclic) bond motifs is 1. The van der Waals surface area contributed by atoms with Gasteiger partial charge in [-0.15, -0.1) is 0 Å². The molecular formula is C14H20O3. The number of carbonyl (C=O) groups is 2. The lowest BCUT2D eigenvalue weighted by Crippen LogP contribution is -2.45. The van der Waals surface area contributed by atoms with Gasteiger partial charge in [-0.2, -0.15) is 0 Å². The predicted molar refractivity (Wildman–Crippen MR) is 66.4 cm³/mol. The van der Waals surface area contributed by atoms with Crippen molar-refractivity contribution in [3.05, 3.63) is 24.0 Å². The van der Waals surface area contributed by atoms with Crippen molar-refractivity contribution in [2.45, 2.75) is 33.6 Å². The van der Waals surface area contributed by atoms with E-state index >= 15 is 0 Å². The van der Waals surface area contributed by atoms with E-state index in [2.05, 4.69) is 0 Å². The molecule has 2 atom stereocenters. The van der Waals surface area contributed by atoms with Crippen molar-refractivity contribution in [3.63, 3.8) is 0 Å². The number of allylic oxidation sites excluding steroid dienone is 4. The van der Waals surface area contributed by atoms with E-state index in [0.29, 0.717) is 12.8 Å². The van der Waals surface area contributed by atoms with Crippen LogP contribution < -0.4 is 0 Å². The minimum Gasteiger partial charge on any atom is -0.493 e. The van der Waals surface area contributed by atoms with Gasteiger partial charge in [-0.1, -0.05) is 32.9 Å². The Kier molecular flexibility index (Phi) is 4.27. The van der Waals surface area contributed by atoms with Gasteiger partial charge < -0.3 is 4.74 Å². The van der Waals surface area contributed by atoms with Gasteiger partial charge in [-0.05, 0) is 12.8 Å². The van der Waals surface area contributed by atoms with E-state index in [-0.39, 0.29) is 23.2 Å². The van der Waals surface area contributed by atoms with Crippen molar-refractivity contribution < 1.29 is 14.3 Å². The minimum absolute atomic E-state index is 0.0123. The molecule has 1 unspecified atom stereocenters. The highest BCUT2D eigenvalue weighted by Crippen LogP contribution is 2.43. The standard InChI is InChI=1S/C12H14O3.C2H6/c1-12-6-4-3-5-8(12)9(13)7-10(15-2)11(12)14;1-2/h3-4,7-8H,5-6H2,1-2H3;1-2H3/t8?,12-;/m1./s1. The molecule has 0 aromatic carbocycles. The summed E-state index contributed by atoms with van der Waals surface area (Å²) in [6.45, 7) is 5.85. The van der Waals surface area contributed by atoms with Gasteiger partial charge in [0.05, 0.1) is 7.11 Å². The summed E-state index contributed by atoms with van der Waals surface area (Å²) < 4.78 is 4.95. The molecule has 0 spiro atoms. The second kappa shape index (κ2) is 5.30. The van der Waals surface area contributed by atoms with Gasteiger partial charge in [-0.3, -0.25) is 9.59 Å². The molecule has 0 amide bonds. The molecule has 3 nitrogen and oxygen atoms in total.